The number of benzene rings is 2. The van der Waals surface area contributed by atoms with E-state index in [1.807, 2.05) is 12.1 Å². The molecule has 0 radical (unpaired) electrons. The van der Waals surface area contributed by atoms with Crippen molar-refractivity contribution in [3.63, 3.8) is 0 Å². The average molecular weight is 285 g/mol. The van der Waals surface area contributed by atoms with Gasteiger partial charge in [-0.15, -0.1) is 0 Å². The lowest BCUT2D eigenvalue weighted by atomic mass is 10.1. The van der Waals surface area contributed by atoms with Crippen molar-refractivity contribution in [3.05, 3.63) is 59.7 Å². The number of methoxy groups -OCH3 is 1. The Morgan fingerprint density at radius 3 is 2.52 bits per heavy atom. The fourth-order valence-corrected chi connectivity index (χ4v) is 1.79. The molecule has 0 aromatic heterocycles. The van der Waals surface area contributed by atoms with Crippen LogP contribution in [0.2, 0.25) is 0 Å². The lowest BCUT2D eigenvalue weighted by Crippen LogP contribution is -2.03. The number of hydrogen-bond donors (Lipinski definition) is 1. The monoisotopic (exact) mass is 285 g/mol. The van der Waals surface area contributed by atoms with E-state index in [4.69, 9.17) is 4.74 Å². The highest BCUT2D eigenvalue weighted by Crippen LogP contribution is 2.24. The minimum Gasteiger partial charge on any atom is -0.487 e. The number of anilines is 1. The second kappa shape index (κ2) is 7.09. The minimum absolute atomic E-state index is 0.332. The third kappa shape index (κ3) is 3.82. The topological polar surface area (TPSA) is 64.6 Å². The van der Waals surface area contributed by atoms with Gasteiger partial charge in [0.05, 0.1) is 18.4 Å². The van der Waals surface area contributed by atoms with Crippen molar-refractivity contribution in [1.29, 1.82) is 0 Å². The third-order valence-electron chi connectivity index (χ3n) is 2.87. The number of hydrogen-bond acceptors (Lipinski definition) is 4. The average Bonchev–Trinajstić information content (AvgIpc) is 2.54. The van der Waals surface area contributed by atoms with Gasteiger partial charge in [0, 0.05) is 0 Å². The zero-order valence-electron chi connectivity index (χ0n) is 11.5. The second-order valence-corrected chi connectivity index (χ2v) is 4.24. The van der Waals surface area contributed by atoms with Crippen molar-refractivity contribution >= 4 is 18.1 Å². The van der Waals surface area contributed by atoms with E-state index in [-0.39, 0.29) is 5.97 Å². The quantitative estimate of drug-likeness (QED) is 0.654. The van der Waals surface area contributed by atoms with Crippen molar-refractivity contribution < 1.29 is 19.1 Å². The van der Waals surface area contributed by atoms with Crippen molar-refractivity contribution in [2.75, 3.05) is 12.4 Å². The molecule has 2 aromatic rings. The van der Waals surface area contributed by atoms with Crippen LogP contribution in [0, 0.1) is 0 Å². The SMILES string of the molecule is COC(=O)c1ccc(COc2ccccc2NC=O)cc1. The molecule has 0 heterocycles. The lowest BCUT2D eigenvalue weighted by Gasteiger charge is -2.10. The molecule has 2 rings (SSSR count). The van der Waals surface area contributed by atoms with Crippen LogP contribution in [0.4, 0.5) is 5.69 Å². The Bertz CT molecular complexity index is 622. The number of carbonyl (C=O) groups excluding carboxylic acids is 2. The molecule has 0 spiro atoms. The number of esters is 1. The van der Waals surface area contributed by atoms with Crippen LogP contribution in [0.3, 0.4) is 0 Å². The zero-order valence-corrected chi connectivity index (χ0v) is 11.5. The molecule has 0 unspecified atom stereocenters. The van der Waals surface area contributed by atoms with Gasteiger partial charge < -0.3 is 14.8 Å². The highest BCUT2D eigenvalue weighted by atomic mass is 16.5. The Kier molecular flexibility index (Phi) is 4.93. The maximum atomic E-state index is 11.3. The van der Waals surface area contributed by atoms with Crippen molar-refractivity contribution in [2.24, 2.45) is 0 Å². The Morgan fingerprint density at radius 2 is 1.86 bits per heavy atom. The molecule has 2 aromatic carbocycles. The van der Waals surface area contributed by atoms with Gasteiger partial charge in [0.25, 0.3) is 0 Å². The molecule has 0 bridgehead atoms. The van der Waals surface area contributed by atoms with Crippen LogP contribution < -0.4 is 10.1 Å². The van der Waals surface area contributed by atoms with Gasteiger partial charge in [-0.3, -0.25) is 4.79 Å². The first kappa shape index (κ1) is 14.6. The molecule has 1 amide bonds. The van der Waals surface area contributed by atoms with E-state index in [2.05, 4.69) is 10.1 Å². The maximum absolute atomic E-state index is 11.3. The Hall–Kier alpha value is -2.82. The molecular formula is C16H15NO4. The van der Waals surface area contributed by atoms with Crippen molar-refractivity contribution in [2.45, 2.75) is 6.61 Å². The number of para-hydroxylation sites is 2. The van der Waals surface area contributed by atoms with Gasteiger partial charge in [0.1, 0.15) is 12.4 Å². The molecule has 0 saturated carbocycles. The molecule has 0 aliphatic carbocycles. The standard InChI is InChI=1S/C16H15NO4/c1-20-16(19)13-8-6-12(7-9-13)10-21-15-5-3-2-4-14(15)17-11-18/h2-9,11H,10H2,1H3,(H,17,18). The summed E-state index contributed by atoms with van der Waals surface area (Å²) in [6.07, 6.45) is 0.605. The Labute approximate surface area is 122 Å². The van der Waals surface area contributed by atoms with Gasteiger partial charge in [-0.1, -0.05) is 24.3 Å². The summed E-state index contributed by atoms with van der Waals surface area (Å²) in [6.45, 7) is 0.332. The molecular weight excluding hydrogens is 270 g/mol. The first-order valence-corrected chi connectivity index (χ1v) is 6.34. The Morgan fingerprint density at radius 1 is 1.14 bits per heavy atom. The summed E-state index contributed by atoms with van der Waals surface area (Å²) in [6, 6.07) is 14.1. The Balaban J connectivity index is 2.03. The van der Waals surface area contributed by atoms with Crippen LogP contribution in [-0.4, -0.2) is 19.5 Å². The number of nitrogens with one attached hydrogen (secondary N) is 1. The first-order valence-electron chi connectivity index (χ1n) is 6.34. The van der Waals surface area contributed by atoms with Gasteiger partial charge in [-0.2, -0.15) is 0 Å². The van der Waals surface area contributed by atoms with Crippen LogP contribution in [0.5, 0.6) is 5.75 Å². The smallest absolute Gasteiger partial charge is 0.337 e. The normalized spacial score (nSPS) is 9.76. The lowest BCUT2D eigenvalue weighted by molar-refractivity contribution is -0.105. The summed E-state index contributed by atoms with van der Waals surface area (Å²) in [5.74, 6) is 0.213. The summed E-state index contributed by atoms with van der Waals surface area (Å²) in [4.78, 5) is 21.8. The molecule has 21 heavy (non-hydrogen) atoms. The molecule has 5 heteroatoms. The summed E-state index contributed by atoms with van der Waals surface area (Å²) < 4.78 is 10.3. The third-order valence-corrected chi connectivity index (χ3v) is 2.87. The summed E-state index contributed by atoms with van der Waals surface area (Å²) in [7, 11) is 1.34. The summed E-state index contributed by atoms with van der Waals surface area (Å²) in [5.41, 5.74) is 2.01. The van der Waals surface area contributed by atoms with Gasteiger partial charge >= 0.3 is 5.97 Å². The fraction of sp³-hybridized carbons (Fsp3) is 0.125. The molecule has 0 aliphatic heterocycles. The van der Waals surface area contributed by atoms with Gasteiger partial charge in [-0.05, 0) is 29.8 Å². The van der Waals surface area contributed by atoms with E-state index in [1.54, 1.807) is 36.4 Å². The second-order valence-electron chi connectivity index (χ2n) is 4.24. The van der Waals surface area contributed by atoms with Crippen LogP contribution in [0.25, 0.3) is 0 Å². The predicted octanol–water partition coefficient (Wildman–Crippen LogP) is 2.62. The van der Waals surface area contributed by atoms with E-state index in [9.17, 15) is 9.59 Å². The van der Waals surface area contributed by atoms with Crippen molar-refractivity contribution in [3.8, 4) is 5.75 Å². The molecule has 0 fully saturated rings. The number of carbonyl (C=O) groups is 2. The number of ether oxygens (including phenoxy) is 2. The zero-order chi connectivity index (χ0) is 15.1. The first-order chi connectivity index (χ1) is 10.2. The molecule has 108 valence electrons. The van der Waals surface area contributed by atoms with Crippen LogP contribution in [0.15, 0.2) is 48.5 Å². The number of amides is 1. The number of rotatable bonds is 6. The predicted molar refractivity (Wildman–Crippen MR) is 78.2 cm³/mol. The minimum atomic E-state index is -0.372. The van der Waals surface area contributed by atoms with E-state index in [0.29, 0.717) is 30.0 Å². The molecule has 1 N–H and O–H groups in total. The van der Waals surface area contributed by atoms with Crippen LogP contribution in [0.1, 0.15) is 15.9 Å². The molecule has 0 aliphatic rings. The van der Waals surface area contributed by atoms with Crippen LogP contribution >= 0.6 is 0 Å². The molecule has 0 saturated heterocycles. The van der Waals surface area contributed by atoms with Gasteiger partial charge in [-0.25, -0.2) is 4.79 Å². The summed E-state index contributed by atoms with van der Waals surface area (Å²) >= 11 is 0. The largest absolute Gasteiger partial charge is 0.487 e. The van der Waals surface area contributed by atoms with E-state index >= 15 is 0 Å². The van der Waals surface area contributed by atoms with E-state index < -0.39 is 0 Å². The van der Waals surface area contributed by atoms with Gasteiger partial charge in [0.15, 0.2) is 0 Å². The highest BCUT2D eigenvalue weighted by Gasteiger charge is 2.05. The summed E-state index contributed by atoms with van der Waals surface area (Å²) in [5, 5.41) is 2.58. The molecule has 0 atom stereocenters. The highest BCUT2D eigenvalue weighted by molar-refractivity contribution is 5.89. The van der Waals surface area contributed by atoms with E-state index in [1.165, 1.54) is 7.11 Å². The van der Waals surface area contributed by atoms with E-state index in [0.717, 1.165) is 5.56 Å². The van der Waals surface area contributed by atoms with Crippen LogP contribution in [-0.2, 0) is 16.1 Å². The maximum Gasteiger partial charge on any atom is 0.337 e. The van der Waals surface area contributed by atoms with Crippen molar-refractivity contribution in [1.82, 2.24) is 0 Å². The fourth-order valence-electron chi connectivity index (χ4n) is 1.79. The van der Waals surface area contributed by atoms with Gasteiger partial charge in [0.2, 0.25) is 6.41 Å². The molecule has 5 nitrogen and oxygen atoms in total.